The van der Waals surface area contributed by atoms with Crippen molar-refractivity contribution in [3.05, 3.63) is 16.4 Å². The van der Waals surface area contributed by atoms with Gasteiger partial charge < -0.3 is 0 Å². The number of nitrogens with two attached hydrogens (primary N) is 1. The van der Waals surface area contributed by atoms with E-state index in [4.69, 9.17) is 5.84 Å². The van der Waals surface area contributed by atoms with Crippen molar-refractivity contribution in [3.8, 4) is 0 Å². The fraction of sp³-hybridized carbons (Fsp3) is 0.769. The zero-order valence-corrected chi connectivity index (χ0v) is 13.2. The topological polar surface area (TPSA) is 55.9 Å². The van der Waals surface area contributed by atoms with Gasteiger partial charge in [-0.1, -0.05) is 32.6 Å². The van der Waals surface area contributed by atoms with Crippen molar-refractivity contribution in [1.29, 1.82) is 0 Å². The first kappa shape index (κ1) is 15.7. The molecule has 0 fully saturated rings. The average Bonchev–Trinajstić information content (AvgIpc) is 2.72. The molecule has 0 aliphatic carbocycles. The van der Waals surface area contributed by atoms with Crippen molar-refractivity contribution in [2.75, 3.05) is 0 Å². The number of unbranched alkanes of at least 4 members (excludes halogenated alkanes) is 3. The summed E-state index contributed by atoms with van der Waals surface area (Å²) in [6, 6.07) is 0.513. The van der Waals surface area contributed by atoms with E-state index in [0.717, 1.165) is 16.6 Å². The van der Waals surface area contributed by atoms with Crippen LogP contribution in [0, 0.1) is 0 Å². The van der Waals surface area contributed by atoms with E-state index in [2.05, 4.69) is 47.2 Å². The van der Waals surface area contributed by atoms with Gasteiger partial charge in [-0.25, -0.2) is 0 Å². The summed E-state index contributed by atoms with van der Waals surface area (Å²) in [6.07, 6.45) is 7.91. The van der Waals surface area contributed by atoms with Gasteiger partial charge in [0.1, 0.15) is 0 Å². The predicted octanol–water partition coefficient (Wildman–Crippen LogP) is 3.70. The highest BCUT2D eigenvalue weighted by Crippen LogP contribution is 2.28. The average molecular weight is 317 g/mol. The molecule has 0 saturated carbocycles. The molecule has 0 spiro atoms. The predicted molar refractivity (Wildman–Crippen MR) is 79.1 cm³/mol. The van der Waals surface area contributed by atoms with E-state index in [9.17, 15) is 0 Å². The van der Waals surface area contributed by atoms with Crippen LogP contribution in [0.2, 0.25) is 0 Å². The van der Waals surface area contributed by atoms with Gasteiger partial charge in [-0.05, 0) is 36.2 Å². The van der Waals surface area contributed by atoms with Crippen LogP contribution in [0.15, 0.2) is 10.7 Å². The Morgan fingerprint density at radius 1 is 1.39 bits per heavy atom. The van der Waals surface area contributed by atoms with Crippen LogP contribution in [0.25, 0.3) is 0 Å². The van der Waals surface area contributed by atoms with Crippen LogP contribution in [0.1, 0.15) is 70.7 Å². The van der Waals surface area contributed by atoms with E-state index in [1.165, 1.54) is 25.7 Å². The molecule has 5 heteroatoms. The van der Waals surface area contributed by atoms with Gasteiger partial charge in [0.25, 0.3) is 0 Å². The molecule has 0 aliphatic heterocycles. The molecule has 1 heterocycles. The summed E-state index contributed by atoms with van der Waals surface area (Å²) in [4.78, 5) is 0. The molecule has 0 saturated heterocycles. The molecule has 0 radical (unpaired) electrons. The lowest BCUT2D eigenvalue weighted by Crippen LogP contribution is -2.30. The molecule has 18 heavy (non-hydrogen) atoms. The van der Waals surface area contributed by atoms with Crippen molar-refractivity contribution < 1.29 is 0 Å². The first-order valence-electron chi connectivity index (χ1n) is 6.80. The van der Waals surface area contributed by atoms with E-state index in [0.29, 0.717) is 6.04 Å². The second-order valence-electron chi connectivity index (χ2n) is 4.98. The molecule has 1 atom stereocenters. The summed E-state index contributed by atoms with van der Waals surface area (Å²) in [6.45, 7) is 6.49. The van der Waals surface area contributed by atoms with Gasteiger partial charge in [-0.2, -0.15) is 5.10 Å². The summed E-state index contributed by atoms with van der Waals surface area (Å²) < 4.78 is 3.07. The standard InChI is InChI=1S/C13H25BrN4/c1-4-5-6-7-8-12(17-15)13-11(14)9-16-18(13)10(2)3/h9-10,12,17H,4-8,15H2,1-3H3. The molecule has 104 valence electrons. The van der Waals surface area contributed by atoms with Crippen molar-refractivity contribution in [2.24, 2.45) is 5.84 Å². The summed E-state index contributed by atoms with van der Waals surface area (Å²) in [7, 11) is 0. The fourth-order valence-electron chi connectivity index (χ4n) is 2.16. The molecule has 4 nitrogen and oxygen atoms in total. The van der Waals surface area contributed by atoms with Gasteiger partial charge in [0.05, 0.1) is 22.4 Å². The molecule has 0 amide bonds. The van der Waals surface area contributed by atoms with Crippen LogP contribution in [0.5, 0.6) is 0 Å². The van der Waals surface area contributed by atoms with Crippen LogP contribution in [-0.2, 0) is 0 Å². The Morgan fingerprint density at radius 3 is 2.67 bits per heavy atom. The first-order valence-corrected chi connectivity index (χ1v) is 7.60. The van der Waals surface area contributed by atoms with Gasteiger partial charge >= 0.3 is 0 Å². The molecule has 0 aromatic carbocycles. The van der Waals surface area contributed by atoms with E-state index in [1.807, 2.05) is 10.9 Å². The van der Waals surface area contributed by atoms with Crippen molar-refractivity contribution in [2.45, 2.75) is 65.0 Å². The summed E-state index contributed by atoms with van der Waals surface area (Å²) >= 11 is 3.57. The third-order valence-corrected chi connectivity index (χ3v) is 3.76. The molecular weight excluding hydrogens is 292 g/mol. The smallest absolute Gasteiger partial charge is 0.0712 e. The highest BCUT2D eigenvalue weighted by atomic mass is 79.9. The lowest BCUT2D eigenvalue weighted by molar-refractivity contribution is 0.419. The number of aromatic nitrogens is 2. The quantitative estimate of drug-likeness (QED) is 0.437. The maximum absolute atomic E-state index is 5.70. The maximum Gasteiger partial charge on any atom is 0.0712 e. The van der Waals surface area contributed by atoms with Crippen LogP contribution >= 0.6 is 15.9 Å². The van der Waals surface area contributed by atoms with Gasteiger partial charge in [0.2, 0.25) is 0 Å². The molecule has 1 unspecified atom stereocenters. The molecule has 1 aromatic rings. The molecule has 0 bridgehead atoms. The number of halogens is 1. The molecular formula is C13H25BrN4. The van der Waals surface area contributed by atoms with Crippen LogP contribution in [-0.4, -0.2) is 9.78 Å². The summed E-state index contributed by atoms with van der Waals surface area (Å²) in [5, 5.41) is 4.40. The number of hydrazine groups is 1. The summed E-state index contributed by atoms with van der Waals surface area (Å²) in [5.41, 5.74) is 4.08. The van der Waals surface area contributed by atoms with E-state index < -0.39 is 0 Å². The van der Waals surface area contributed by atoms with Crippen LogP contribution < -0.4 is 11.3 Å². The number of nitrogens with one attached hydrogen (secondary N) is 1. The third-order valence-electron chi connectivity index (χ3n) is 3.15. The largest absolute Gasteiger partial charge is 0.271 e. The van der Waals surface area contributed by atoms with Gasteiger partial charge in [0, 0.05) is 6.04 Å². The Balaban J connectivity index is 2.72. The van der Waals surface area contributed by atoms with Gasteiger partial charge in [-0.3, -0.25) is 16.0 Å². The highest BCUT2D eigenvalue weighted by molar-refractivity contribution is 9.10. The number of rotatable bonds is 8. The Kier molecular flexibility index (Phi) is 6.89. The van der Waals surface area contributed by atoms with Crippen LogP contribution in [0.3, 0.4) is 0 Å². The Labute approximate surface area is 118 Å². The first-order chi connectivity index (χ1) is 8.61. The number of hydrogen-bond donors (Lipinski definition) is 2. The molecule has 0 aliphatic rings. The zero-order chi connectivity index (χ0) is 13.5. The maximum atomic E-state index is 5.70. The van der Waals surface area contributed by atoms with E-state index in [1.54, 1.807) is 0 Å². The molecule has 1 rings (SSSR count). The monoisotopic (exact) mass is 316 g/mol. The second kappa shape index (κ2) is 7.92. The Hall–Kier alpha value is -0.390. The summed E-state index contributed by atoms with van der Waals surface area (Å²) in [5.74, 6) is 5.70. The van der Waals surface area contributed by atoms with Gasteiger partial charge in [-0.15, -0.1) is 0 Å². The lowest BCUT2D eigenvalue weighted by Gasteiger charge is -2.20. The van der Waals surface area contributed by atoms with Crippen molar-refractivity contribution >= 4 is 15.9 Å². The van der Waals surface area contributed by atoms with E-state index >= 15 is 0 Å². The lowest BCUT2D eigenvalue weighted by atomic mass is 10.0. The second-order valence-corrected chi connectivity index (χ2v) is 5.84. The minimum absolute atomic E-state index is 0.168. The van der Waals surface area contributed by atoms with Crippen molar-refractivity contribution in [3.63, 3.8) is 0 Å². The molecule has 3 N–H and O–H groups in total. The van der Waals surface area contributed by atoms with Crippen molar-refractivity contribution in [1.82, 2.24) is 15.2 Å². The third kappa shape index (κ3) is 4.07. The Morgan fingerprint density at radius 2 is 2.11 bits per heavy atom. The van der Waals surface area contributed by atoms with E-state index in [-0.39, 0.29) is 6.04 Å². The molecule has 1 aromatic heterocycles. The Bertz CT molecular complexity index is 349. The van der Waals surface area contributed by atoms with Gasteiger partial charge in [0.15, 0.2) is 0 Å². The van der Waals surface area contributed by atoms with Crippen LogP contribution in [0.4, 0.5) is 0 Å². The fourth-order valence-corrected chi connectivity index (χ4v) is 2.71. The highest BCUT2D eigenvalue weighted by Gasteiger charge is 2.19. The normalized spacial score (nSPS) is 13.2. The number of hydrogen-bond acceptors (Lipinski definition) is 3. The number of nitrogens with zero attached hydrogens (tertiary/aromatic N) is 2. The zero-order valence-electron chi connectivity index (χ0n) is 11.6. The minimum Gasteiger partial charge on any atom is -0.271 e. The minimum atomic E-state index is 0.168. The SMILES string of the molecule is CCCCCCC(NN)c1c(Br)cnn1C(C)C.